The zero-order valence-electron chi connectivity index (χ0n) is 13.7. The van der Waals surface area contributed by atoms with Crippen LogP contribution in [0.1, 0.15) is 0 Å². The van der Waals surface area contributed by atoms with Crippen LogP contribution in [0.5, 0.6) is 0 Å². The molecule has 0 unspecified atom stereocenters. The maximum absolute atomic E-state index is 8.99. The summed E-state index contributed by atoms with van der Waals surface area (Å²) in [6.45, 7) is 2.24. The van der Waals surface area contributed by atoms with Crippen molar-refractivity contribution in [3.05, 3.63) is 18.3 Å². The van der Waals surface area contributed by atoms with Crippen LogP contribution in [0, 0.1) is 0 Å². The van der Waals surface area contributed by atoms with Gasteiger partial charge in [-0.15, -0.1) is 0 Å². The highest BCUT2D eigenvalue weighted by atomic mass is 17.0. The highest BCUT2D eigenvalue weighted by molar-refractivity contribution is 5.86. The summed E-state index contributed by atoms with van der Waals surface area (Å²) in [6.07, 6.45) is 1.69. The SMILES string of the molecule is OCCON(OCCO)c1nc(N2CCOCC2)c2ncccc2n1. The lowest BCUT2D eigenvalue weighted by Crippen LogP contribution is -2.37. The van der Waals surface area contributed by atoms with Gasteiger partial charge in [0.25, 0.3) is 5.95 Å². The van der Waals surface area contributed by atoms with E-state index in [0.29, 0.717) is 43.2 Å². The molecule has 0 aromatic carbocycles. The van der Waals surface area contributed by atoms with Crippen LogP contribution in [-0.2, 0) is 14.4 Å². The van der Waals surface area contributed by atoms with Gasteiger partial charge in [0.15, 0.2) is 5.82 Å². The summed E-state index contributed by atoms with van der Waals surface area (Å²) in [5.41, 5.74) is 1.32. The van der Waals surface area contributed by atoms with Gasteiger partial charge in [-0.2, -0.15) is 4.98 Å². The maximum atomic E-state index is 8.99. The summed E-state index contributed by atoms with van der Waals surface area (Å²) in [7, 11) is 0. The topological polar surface area (TPSA) is 113 Å². The third-order valence-corrected chi connectivity index (χ3v) is 3.50. The number of ether oxygens (including phenoxy) is 1. The van der Waals surface area contributed by atoms with Crippen LogP contribution in [0.4, 0.5) is 11.8 Å². The number of pyridine rings is 1. The molecule has 2 aromatic heterocycles. The van der Waals surface area contributed by atoms with E-state index in [0.717, 1.165) is 5.23 Å². The molecule has 1 saturated heterocycles. The first-order chi connectivity index (χ1) is 12.3. The lowest BCUT2D eigenvalue weighted by atomic mass is 10.3. The zero-order chi connectivity index (χ0) is 17.5. The van der Waals surface area contributed by atoms with Gasteiger partial charge in [0.1, 0.15) is 18.7 Å². The highest BCUT2D eigenvalue weighted by Gasteiger charge is 2.21. The standard InChI is InChI=1S/C15H21N5O5/c21-6-10-24-20(25-11-7-22)15-17-12-2-1-3-16-13(12)14(18-15)19-4-8-23-9-5-19/h1-3,21-22H,4-11H2. The Morgan fingerprint density at radius 2 is 1.84 bits per heavy atom. The molecule has 3 heterocycles. The van der Waals surface area contributed by atoms with Crippen molar-refractivity contribution in [1.29, 1.82) is 0 Å². The number of nitrogens with zero attached hydrogens (tertiary/aromatic N) is 5. The van der Waals surface area contributed by atoms with Crippen LogP contribution < -0.4 is 10.1 Å². The van der Waals surface area contributed by atoms with Gasteiger partial charge < -0.3 is 19.8 Å². The van der Waals surface area contributed by atoms with Gasteiger partial charge in [0.05, 0.1) is 31.9 Å². The average molecular weight is 351 g/mol. The minimum absolute atomic E-state index is 0.00670. The predicted molar refractivity (Wildman–Crippen MR) is 88.9 cm³/mol. The number of anilines is 2. The van der Waals surface area contributed by atoms with Crippen LogP contribution in [0.2, 0.25) is 0 Å². The summed E-state index contributed by atoms with van der Waals surface area (Å²) in [4.78, 5) is 26.1. The van der Waals surface area contributed by atoms with Crippen molar-refractivity contribution in [3.63, 3.8) is 0 Å². The van der Waals surface area contributed by atoms with Crippen LogP contribution in [0.25, 0.3) is 11.0 Å². The normalized spacial score (nSPS) is 14.9. The molecule has 25 heavy (non-hydrogen) atoms. The van der Waals surface area contributed by atoms with Gasteiger partial charge in [-0.1, -0.05) is 5.23 Å². The Kier molecular flexibility index (Phi) is 6.25. The van der Waals surface area contributed by atoms with Crippen LogP contribution >= 0.6 is 0 Å². The Hall–Kier alpha value is -2.11. The average Bonchev–Trinajstić information content (AvgIpc) is 2.68. The molecule has 0 amide bonds. The summed E-state index contributed by atoms with van der Waals surface area (Å²) in [5, 5.41) is 19.0. The van der Waals surface area contributed by atoms with E-state index in [9.17, 15) is 0 Å². The fourth-order valence-corrected chi connectivity index (χ4v) is 2.42. The number of aliphatic hydroxyl groups excluding tert-OH is 2. The van der Waals surface area contributed by atoms with Gasteiger partial charge in [-0.3, -0.25) is 4.98 Å². The molecule has 0 saturated carbocycles. The number of fused-ring (bicyclic) bond motifs is 1. The van der Waals surface area contributed by atoms with Crippen LogP contribution in [0.15, 0.2) is 18.3 Å². The van der Waals surface area contributed by atoms with Crippen molar-refractivity contribution < 1.29 is 24.6 Å². The molecule has 2 N–H and O–H groups in total. The van der Waals surface area contributed by atoms with E-state index in [-0.39, 0.29) is 32.4 Å². The molecule has 3 rings (SSSR count). The van der Waals surface area contributed by atoms with Crippen molar-refractivity contribution in [2.75, 3.05) is 62.9 Å². The first kappa shape index (κ1) is 17.7. The first-order valence-corrected chi connectivity index (χ1v) is 8.06. The molecule has 2 aromatic rings. The Morgan fingerprint density at radius 3 is 2.52 bits per heavy atom. The number of aliphatic hydroxyl groups is 2. The van der Waals surface area contributed by atoms with E-state index in [1.165, 1.54) is 0 Å². The molecular weight excluding hydrogens is 330 g/mol. The number of aromatic nitrogens is 3. The Bertz CT molecular complexity index is 674. The molecule has 10 heteroatoms. The van der Waals surface area contributed by atoms with E-state index in [4.69, 9.17) is 24.6 Å². The monoisotopic (exact) mass is 351 g/mol. The fraction of sp³-hybridized carbons (Fsp3) is 0.533. The summed E-state index contributed by atoms with van der Waals surface area (Å²) < 4.78 is 5.40. The van der Waals surface area contributed by atoms with Crippen LogP contribution in [0.3, 0.4) is 0 Å². The quantitative estimate of drug-likeness (QED) is 0.604. The van der Waals surface area contributed by atoms with Crippen molar-refractivity contribution in [2.24, 2.45) is 0 Å². The largest absolute Gasteiger partial charge is 0.394 e. The van der Waals surface area contributed by atoms with E-state index in [1.54, 1.807) is 12.3 Å². The molecule has 0 aliphatic carbocycles. The van der Waals surface area contributed by atoms with Gasteiger partial charge in [0.2, 0.25) is 0 Å². The second-order valence-electron chi connectivity index (χ2n) is 5.19. The zero-order valence-corrected chi connectivity index (χ0v) is 13.7. The molecular formula is C15H21N5O5. The van der Waals surface area contributed by atoms with Crippen molar-refractivity contribution >= 4 is 22.8 Å². The second kappa shape index (κ2) is 8.83. The molecule has 0 atom stereocenters. The molecule has 1 fully saturated rings. The van der Waals surface area contributed by atoms with Gasteiger partial charge in [-0.25, -0.2) is 14.7 Å². The van der Waals surface area contributed by atoms with Crippen molar-refractivity contribution in [1.82, 2.24) is 15.0 Å². The van der Waals surface area contributed by atoms with Gasteiger partial charge in [0, 0.05) is 19.3 Å². The smallest absolute Gasteiger partial charge is 0.280 e. The van der Waals surface area contributed by atoms with Crippen molar-refractivity contribution in [3.8, 4) is 0 Å². The van der Waals surface area contributed by atoms with Gasteiger partial charge >= 0.3 is 0 Å². The molecule has 10 nitrogen and oxygen atoms in total. The third kappa shape index (κ3) is 4.30. The van der Waals surface area contributed by atoms with E-state index >= 15 is 0 Å². The Labute approximate surface area is 144 Å². The molecule has 1 aliphatic heterocycles. The Balaban J connectivity index is 1.98. The van der Waals surface area contributed by atoms with E-state index < -0.39 is 0 Å². The summed E-state index contributed by atoms with van der Waals surface area (Å²) in [5.74, 6) is 0.831. The van der Waals surface area contributed by atoms with Crippen molar-refractivity contribution in [2.45, 2.75) is 0 Å². The first-order valence-electron chi connectivity index (χ1n) is 8.06. The van der Waals surface area contributed by atoms with Gasteiger partial charge in [-0.05, 0) is 12.1 Å². The fourth-order valence-electron chi connectivity index (χ4n) is 2.42. The number of hydrogen-bond donors (Lipinski definition) is 2. The second-order valence-corrected chi connectivity index (χ2v) is 5.19. The molecule has 0 radical (unpaired) electrons. The Morgan fingerprint density at radius 1 is 1.12 bits per heavy atom. The molecule has 0 spiro atoms. The predicted octanol–water partition coefficient (Wildman–Crippen LogP) is -0.484. The molecule has 136 valence electrons. The molecule has 0 bridgehead atoms. The number of rotatable bonds is 8. The van der Waals surface area contributed by atoms with E-state index in [2.05, 4.69) is 19.9 Å². The molecule has 1 aliphatic rings. The third-order valence-electron chi connectivity index (χ3n) is 3.50. The lowest BCUT2D eigenvalue weighted by Gasteiger charge is -2.29. The summed E-state index contributed by atoms with van der Waals surface area (Å²) >= 11 is 0. The summed E-state index contributed by atoms with van der Waals surface area (Å²) in [6, 6.07) is 3.61. The highest BCUT2D eigenvalue weighted by Crippen LogP contribution is 2.25. The number of morpholine rings is 1. The maximum Gasteiger partial charge on any atom is 0.280 e. The lowest BCUT2D eigenvalue weighted by molar-refractivity contribution is -0.106. The minimum atomic E-state index is -0.190. The van der Waals surface area contributed by atoms with E-state index in [1.807, 2.05) is 6.07 Å². The number of hydrogen-bond acceptors (Lipinski definition) is 10. The minimum Gasteiger partial charge on any atom is -0.394 e. The van der Waals surface area contributed by atoms with Crippen LogP contribution in [-0.4, -0.2) is 77.9 Å².